The highest BCUT2D eigenvalue weighted by Gasteiger charge is 2.12. The van der Waals surface area contributed by atoms with Gasteiger partial charge in [-0.1, -0.05) is 46.3 Å². The van der Waals surface area contributed by atoms with Crippen molar-refractivity contribution in [3.05, 3.63) is 93.9 Å². The molecule has 0 saturated heterocycles. The average molecular weight is 437 g/mol. The normalized spacial score (nSPS) is 10.9. The number of hydrogen-bond acceptors (Lipinski definition) is 4. The standard InChI is InChI=1S/C22H17BrN2O3/c23-19-8-9-21(28-15-16-5-2-1-3-6-16)17(12-19)11-18(13-24)22(26)25-14-20-7-4-10-27-20/h1-12H,14-15H2,(H,25,26)/b18-11-. The Labute approximate surface area is 171 Å². The summed E-state index contributed by atoms with van der Waals surface area (Å²) in [7, 11) is 0. The molecule has 0 radical (unpaired) electrons. The fraction of sp³-hybridized carbons (Fsp3) is 0.0909. The molecule has 3 aromatic rings. The van der Waals surface area contributed by atoms with E-state index in [4.69, 9.17) is 9.15 Å². The van der Waals surface area contributed by atoms with E-state index in [1.165, 1.54) is 12.3 Å². The lowest BCUT2D eigenvalue weighted by molar-refractivity contribution is -0.117. The second-order valence-electron chi connectivity index (χ2n) is 5.89. The molecular formula is C22H17BrN2O3. The summed E-state index contributed by atoms with van der Waals surface area (Å²) in [4.78, 5) is 12.4. The van der Waals surface area contributed by atoms with E-state index < -0.39 is 5.91 Å². The molecule has 28 heavy (non-hydrogen) atoms. The third-order valence-corrected chi connectivity index (χ3v) is 4.37. The van der Waals surface area contributed by atoms with Gasteiger partial charge in [0.1, 0.15) is 29.8 Å². The third-order valence-electron chi connectivity index (χ3n) is 3.88. The van der Waals surface area contributed by atoms with Gasteiger partial charge in [-0.3, -0.25) is 4.79 Å². The van der Waals surface area contributed by atoms with Crippen LogP contribution < -0.4 is 10.1 Å². The fourth-order valence-corrected chi connectivity index (χ4v) is 2.86. The molecule has 0 fully saturated rings. The molecule has 1 N–H and O–H groups in total. The summed E-state index contributed by atoms with van der Waals surface area (Å²) in [6.45, 7) is 0.594. The van der Waals surface area contributed by atoms with Gasteiger partial charge in [0.15, 0.2) is 0 Å². The van der Waals surface area contributed by atoms with Crippen LogP contribution in [-0.2, 0) is 17.9 Å². The number of nitrogens with zero attached hydrogens (tertiary/aromatic N) is 1. The third kappa shape index (κ3) is 5.35. The second kappa shape index (κ2) is 9.58. The molecular weight excluding hydrogens is 420 g/mol. The molecule has 0 aliphatic rings. The van der Waals surface area contributed by atoms with Gasteiger partial charge in [0, 0.05) is 10.0 Å². The number of nitrogens with one attached hydrogen (secondary N) is 1. The summed E-state index contributed by atoms with van der Waals surface area (Å²) < 4.78 is 11.9. The fourth-order valence-electron chi connectivity index (χ4n) is 2.48. The summed E-state index contributed by atoms with van der Waals surface area (Å²) in [5, 5.41) is 12.1. The molecule has 6 heteroatoms. The van der Waals surface area contributed by atoms with Crippen molar-refractivity contribution in [1.29, 1.82) is 5.26 Å². The van der Waals surface area contributed by atoms with E-state index in [2.05, 4.69) is 21.2 Å². The average Bonchev–Trinajstić information content (AvgIpc) is 3.24. The molecule has 1 amide bonds. The molecule has 0 atom stereocenters. The van der Waals surface area contributed by atoms with Crippen molar-refractivity contribution < 1.29 is 13.9 Å². The Kier molecular flexibility index (Phi) is 6.66. The monoisotopic (exact) mass is 436 g/mol. The minimum absolute atomic E-state index is 0.0192. The lowest BCUT2D eigenvalue weighted by atomic mass is 10.1. The number of furan rings is 1. The zero-order chi connectivity index (χ0) is 19.8. The van der Waals surface area contributed by atoms with Crippen molar-refractivity contribution in [3.8, 4) is 11.8 Å². The number of carbonyl (C=O) groups is 1. The van der Waals surface area contributed by atoms with Crippen molar-refractivity contribution in [2.75, 3.05) is 0 Å². The first kappa shape index (κ1) is 19.5. The van der Waals surface area contributed by atoms with Crippen molar-refractivity contribution in [1.82, 2.24) is 5.32 Å². The number of ether oxygens (including phenoxy) is 1. The molecule has 0 bridgehead atoms. The number of carbonyl (C=O) groups excluding carboxylic acids is 1. The highest BCUT2D eigenvalue weighted by molar-refractivity contribution is 9.10. The lowest BCUT2D eigenvalue weighted by Crippen LogP contribution is -2.23. The van der Waals surface area contributed by atoms with Gasteiger partial charge >= 0.3 is 0 Å². The first-order valence-electron chi connectivity index (χ1n) is 8.54. The summed E-state index contributed by atoms with van der Waals surface area (Å²) in [5.74, 6) is 0.714. The predicted molar refractivity (Wildman–Crippen MR) is 109 cm³/mol. The summed E-state index contributed by atoms with van der Waals surface area (Å²) >= 11 is 3.42. The van der Waals surface area contributed by atoms with Crippen LogP contribution in [0.1, 0.15) is 16.9 Å². The van der Waals surface area contributed by atoms with Crippen LogP contribution in [0.3, 0.4) is 0 Å². The molecule has 0 aliphatic heterocycles. The molecule has 3 rings (SSSR count). The van der Waals surface area contributed by atoms with Crippen molar-refractivity contribution >= 4 is 27.9 Å². The van der Waals surface area contributed by atoms with Crippen molar-refractivity contribution in [3.63, 3.8) is 0 Å². The Morgan fingerprint density at radius 2 is 2.00 bits per heavy atom. The van der Waals surface area contributed by atoms with Gasteiger partial charge in [-0.05, 0) is 42.0 Å². The van der Waals surface area contributed by atoms with Crippen LogP contribution in [0.15, 0.2) is 81.4 Å². The molecule has 2 aromatic carbocycles. The van der Waals surface area contributed by atoms with E-state index >= 15 is 0 Å². The predicted octanol–water partition coefficient (Wildman–Crippen LogP) is 4.84. The quantitative estimate of drug-likeness (QED) is 0.424. The molecule has 0 unspecified atom stereocenters. The topological polar surface area (TPSA) is 75.3 Å². The summed E-state index contributed by atoms with van der Waals surface area (Å²) in [6, 6.07) is 20.7. The van der Waals surface area contributed by atoms with E-state index in [9.17, 15) is 10.1 Å². The first-order valence-corrected chi connectivity index (χ1v) is 9.33. The largest absolute Gasteiger partial charge is 0.488 e. The zero-order valence-electron chi connectivity index (χ0n) is 14.9. The number of hydrogen-bond donors (Lipinski definition) is 1. The number of rotatable bonds is 7. The Morgan fingerprint density at radius 3 is 2.71 bits per heavy atom. The smallest absolute Gasteiger partial charge is 0.262 e. The molecule has 140 valence electrons. The molecule has 0 saturated carbocycles. The minimum Gasteiger partial charge on any atom is -0.488 e. The molecule has 1 aromatic heterocycles. The van der Waals surface area contributed by atoms with Crippen LogP contribution in [0.25, 0.3) is 6.08 Å². The zero-order valence-corrected chi connectivity index (χ0v) is 16.5. The highest BCUT2D eigenvalue weighted by Crippen LogP contribution is 2.26. The van der Waals surface area contributed by atoms with E-state index in [0.717, 1.165) is 10.0 Å². The van der Waals surface area contributed by atoms with Crippen LogP contribution in [0.2, 0.25) is 0 Å². The summed E-state index contributed by atoms with van der Waals surface area (Å²) in [5.41, 5.74) is 1.64. The number of halogens is 1. The maximum Gasteiger partial charge on any atom is 0.262 e. The van der Waals surface area contributed by atoms with Gasteiger partial charge in [-0.2, -0.15) is 5.26 Å². The Bertz CT molecular complexity index is 1010. The number of amides is 1. The van der Waals surface area contributed by atoms with Gasteiger partial charge < -0.3 is 14.5 Å². The summed E-state index contributed by atoms with van der Waals surface area (Å²) in [6.07, 6.45) is 3.04. The van der Waals surface area contributed by atoms with Crippen LogP contribution in [0.4, 0.5) is 0 Å². The molecule has 1 heterocycles. The van der Waals surface area contributed by atoms with Gasteiger partial charge in [-0.15, -0.1) is 0 Å². The Balaban J connectivity index is 1.76. The first-order chi connectivity index (χ1) is 13.7. The highest BCUT2D eigenvalue weighted by atomic mass is 79.9. The van der Waals surface area contributed by atoms with Gasteiger partial charge in [-0.25, -0.2) is 0 Å². The molecule has 0 aliphatic carbocycles. The van der Waals surface area contributed by atoms with E-state index in [0.29, 0.717) is 23.7 Å². The number of benzene rings is 2. The second-order valence-corrected chi connectivity index (χ2v) is 6.80. The Morgan fingerprint density at radius 1 is 1.18 bits per heavy atom. The van der Waals surface area contributed by atoms with Gasteiger partial charge in [0.05, 0.1) is 12.8 Å². The van der Waals surface area contributed by atoms with E-state index in [1.807, 2.05) is 42.5 Å². The van der Waals surface area contributed by atoms with E-state index in [1.54, 1.807) is 24.3 Å². The van der Waals surface area contributed by atoms with Crippen LogP contribution >= 0.6 is 15.9 Å². The lowest BCUT2D eigenvalue weighted by Gasteiger charge is -2.10. The van der Waals surface area contributed by atoms with Crippen LogP contribution in [-0.4, -0.2) is 5.91 Å². The molecule has 0 spiro atoms. The van der Waals surface area contributed by atoms with E-state index in [-0.39, 0.29) is 12.1 Å². The number of nitriles is 1. The van der Waals surface area contributed by atoms with Gasteiger partial charge in [0.2, 0.25) is 0 Å². The van der Waals surface area contributed by atoms with Crippen LogP contribution in [0, 0.1) is 11.3 Å². The SMILES string of the molecule is N#C/C(=C/c1cc(Br)ccc1OCc1ccccc1)C(=O)NCc1ccco1. The molecule has 5 nitrogen and oxygen atoms in total. The maximum atomic E-state index is 12.4. The van der Waals surface area contributed by atoms with Crippen molar-refractivity contribution in [2.24, 2.45) is 0 Å². The maximum absolute atomic E-state index is 12.4. The van der Waals surface area contributed by atoms with Gasteiger partial charge in [0.25, 0.3) is 5.91 Å². The van der Waals surface area contributed by atoms with Crippen LogP contribution in [0.5, 0.6) is 5.75 Å². The van der Waals surface area contributed by atoms with Crippen molar-refractivity contribution in [2.45, 2.75) is 13.2 Å². The minimum atomic E-state index is -0.479. The Hall–Kier alpha value is -3.30.